The molecule has 0 atom stereocenters. The van der Waals surface area contributed by atoms with Gasteiger partial charge in [0.25, 0.3) is 16.0 Å². The SMILES string of the molecule is CC1(C)N=C(N)N=C(N)N1c1ccc(OCC(=O)Nc2cccc(S(=O)(=O)F)c2)c(Cl)c1.CCS(=O)(=O)O. The number of hydrogen-bond acceptors (Lipinski definition) is 11. The number of hydrogen-bond donors (Lipinski definition) is 4. The molecule has 0 unspecified atom stereocenters. The summed E-state index contributed by atoms with van der Waals surface area (Å²) >= 11 is 6.30. The molecule has 0 saturated heterocycles. The number of halogens is 2. The normalized spacial score (nSPS) is 14.9. The maximum atomic E-state index is 13.1. The zero-order valence-corrected chi connectivity index (χ0v) is 22.8. The first-order valence-corrected chi connectivity index (χ1v) is 14.0. The number of rotatable bonds is 7. The second kappa shape index (κ2) is 11.9. The molecule has 17 heteroatoms. The first-order valence-electron chi connectivity index (χ1n) is 10.6. The van der Waals surface area contributed by atoms with Gasteiger partial charge in [0, 0.05) is 11.4 Å². The van der Waals surface area contributed by atoms with Crippen molar-refractivity contribution in [1.82, 2.24) is 0 Å². The largest absolute Gasteiger partial charge is 0.482 e. The van der Waals surface area contributed by atoms with Gasteiger partial charge in [0.2, 0.25) is 11.9 Å². The van der Waals surface area contributed by atoms with Gasteiger partial charge in [0.1, 0.15) is 16.3 Å². The van der Waals surface area contributed by atoms with Crippen molar-refractivity contribution in [2.75, 3.05) is 22.6 Å². The van der Waals surface area contributed by atoms with E-state index in [9.17, 15) is 25.5 Å². The minimum atomic E-state index is -4.89. The van der Waals surface area contributed by atoms with E-state index in [1.807, 2.05) is 0 Å². The highest BCUT2D eigenvalue weighted by Crippen LogP contribution is 2.33. The van der Waals surface area contributed by atoms with Crippen LogP contribution in [0.3, 0.4) is 0 Å². The van der Waals surface area contributed by atoms with Gasteiger partial charge >= 0.3 is 10.2 Å². The van der Waals surface area contributed by atoms with Gasteiger partial charge in [-0.15, -0.1) is 3.89 Å². The number of ether oxygens (including phenoxy) is 1. The second-order valence-electron chi connectivity index (χ2n) is 8.06. The quantitative estimate of drug-likeness (QED) is 0.272. The first kappa shape index (κ1) is 30.8. The summed E-state index contributed by atoms with van der Waals surface area (Å²) in [6.45, 7) is 4.54. The molecule has 1 amide bonds. The number of nitrogens with zero attached hydrogens (tertiary/aromatic N) is 3. The lowest BCUT2D eigenvalue weighted by atomic mass is 10.1. The highest BCUT2D eigenvalue weighted by Gasteiger charge is 2.33. The summed E-state index contributed by atoms with van der Waals surface area (Å²) in [6.07, 6.45) is 0. The smallest absolute Gasteiger partial charge is 0.332 e. The lowest BCUT2D eigenvalue weighted by Crippen LogP contribution is -2.54. The Kier molecular flexibility index (Phi) is 9.66. The summed E-state index contributed by atoms with van der Waals surface area (Å²) in [5.74, 6) is -0.372. The third-order valence-electron chi connectivity index (χ3n) is 4.69. The fourth-order valence-electron chi connectivity index (χ4n) is 3.06. The molecule has 1 heterocycles. The topological polar surface area (TPSA) is 207 Å². The lowest BCUT2D eigenvalue weighted by Gasteiger charge is -2.38. The number of carbonyl (C=O) groups excluding carboxylic acids is 1. The molecule has 208 valence electrons. The van der Waals surface area contributed by atoms with Crippen molar-refractivity contribution in [1.29, 1.82) is 0 Å². The zero-order valence-electron chi connectivity index (χ0n) is 20.4. The number of benzene rings is 2. The molecule has 0 aromatic heterocycles. The average Bonchev–Trinajstić information content (AvgIpc) is 2.77. The highest BCUT2D eigenvalue weighted by atomic mass is 35.5. The van der Waals surface area contributed by atoms with Crippen LogP contribution in [0.25, 0.3) is 0 Å². The van der Waals surface area contributed by atoms with Crippen LogP contribution in [0.1, 0.15) is 20.8 Å². The molecular weight excluding hydrogens is 567 g/mol. The highest BCUT2D eigenvalue weighted by molar-refractivity contribution is 7.86. The van der Waals surface area contributed by atoms with Crippen molar-refractivity contribution < 1.29 is 34.8 Å². The van der Waals surface area contributed by atoms with Crippen LogP contribution < -0.4 is 26.4 Å². The number of nitrogens with two attached hydrogens (primary N) is 2. The van der Waals surface area contributed by atoms with E-state index in [0.29, 0.717) is 5.69 Å². The van der Waals surface area contributed by atoms with Crippen LogP contribution in [-0.2, 0) is 25.1 Å². The van der Waals surface area contributed by atoms with Crippen molar-refractivity contribution in [2.45, 2.75) is 31.3 Å². The van der Waals surface area contributed by atoms with Gasteiger partial charge in [0.15, 0.2) is 6.61 Å². The summed E-state index contributed by atoms with van der Waals surface area (Å²) in [7, 11) is -8.55. The number of aliphatic imine (C=N–C) groups is 2. The van der Waals surface area contributed by atoms with E-state index in [2.05, 4.69) is 15.3 Å². The molecule has 1 aliphatic rings. The predicted molar refractivity (Wildman–Crippen MR) is 142 cm³/mol. The molecule has 0 radical (unpaired) electrons. The molecule has 1 aliphatic heterocycles. The molecule has 3 rings (SSSR count). The third kappa shape index (κ3) is 8.83. The minimum Gasteiger partial charge on any atom is -0.482 e. The average molecular weight is 593 g/mol. The van der Waals surface area contributed by atoms with Crippen LogP contribution in [0.2, 0.25) is 5.02 Å². The number of amides is 1. The van der Waals surface area contributed by atoms with Crippen molar-refractivity contribution in [3.05, 3.63) is 47.5 Å². The second-order valence-corrected chi connectivity index (χ2v) is 11.6. The molecule has 6 N–H and O–H groups in total. The Morgan fingerprint density at radius 2 is 1.82 bits per heavy atom. The van der Waals surface area contributed by atoms with Crippen molar-refractivity contribution in [3.8, 4) is 5.75 Å². The Balaban J connectivity index is 0.000000757. The standard InChI is InChI=1S/C19H20ClFN6O4S.C2H6O3S/c1-19(2)26-17(22)25-18(23)27(19)12-6-7-15(14(20)9-12)31-10-16(28)24-11-4-3-5-13(8-11)32(21,29)30;1-2-6(3,4)5/h3-9H,10H2,1-2H3,(H,24,28)(H4,22,23,25,26);2H2,1H3,(H,3,4,5). The minimum absolute atomic E-state index is 0.0652. The summed E-state index contributed by atoms with van der Waals surface area (Å²) < 4.78 is 67.4. The fourth-order valence-corrected chi connectivity index (χ4v) is 3.80. The lowest BCUT2D eigenvalue weighted by molar-refractivity contribution is -0.118. The van der Waals surface area contributed by atoms with E-state index >= 15 is 0 Å². The number of carbonyl (C=O) groups is 1. The summed E-state index contributed by atoms with van der Waals surface area (Å²) in [5.41, 5.74) is 11.5. The van der Waals surface area contributed by atoms with Gasteiger partial charge in [-0.25, -0.2) is 4.99 Å². The van der Waals surface area contributed by atoms with Gasteiger partial charge < -0.3 is 21.5 Å². The van der Waals surface area contributed by atoms with Gasteiger partial charge in [0.05, 0.1) is 10.8 Å². The molecule has 38 heavy (non-hydrogen) atoms. The Hall–Kier alpha value is -3.47. The molecule has 0 spiro atoms. The van der Waals surface area contributed by atoms with Crippen LogP contribution in [0.4, 0.5) is 15.3 Å². The van der Waals surface area contributed by atoms with Crippen LogP contribution in [0.5, 0.6) is 5.75 Å². The van der Waals surface area contributed by atoms with Gasteiger partial charge in [-0.3, -0.25) is 14.2 Å². The predicted octanol–water partition coefficient (Wildman–Crippen LogP) is 2.10. The van der Waals surface area contributed by atoms with E-state index in [4.69, 9.17) is 32.4 Å². The zero-order chi connectivity index (χ0) is 28.9. The molecule has 0 fully saturated rings. The van der Waals surface area contributed by atoms with Crippen molar-refractivity contribution in [3.63, 3.8) is 0 Å². The third-order valence-corrected chi connectivity index (χ3v) is 6.53. The Morgan fingerprint density at radius 1 is 1.18 bits per heavy atom. The molecule has 0 aliphatic carbocycles. The molecule has 2 aromatic rings. The van der Waals surface area contributed by atoms with Crippen LogP contribution in [0, 0.1) is 0 Å². The molecular formula is C21H26ClFN6O7S2. The number of nitrogens with one attached hydrogen (secondary N) is 1. The van der Waals surface area contributed by atoms with Gasteiger partial charge in [-0.05, 0) is 57.2 Å². The number of guanidine groups is 2. The first-order chi connectivity index (χ1) is 17.4. The summed E-state index contributed by atoms with van der Waals surface area (Å²) in [4.78, 5) is 21.4. The van der Waals surface area contributed by atoms with Crippen LogP contribution in [-0.4, -0.2) is 57.2 Å². The fraction of sp³-hybridized carbons (Fsp3) is 0.286. The van der Waals surface area contributed by atoms with Gasteiger partial charge in [-0.1, -0.05) is 17.7 Å². The maximum Gasteiger partial charge on any atom is 0.332 e. The molecule has 2 aromatic carbocycles. The summed E-state index contributed by atoms with van der Waals surface area (Å²) in [5, 5.41) is 2.62. The van der Waals surface area contributed by atoms with Crippen LogP contribution in [0.15, 0.2) is 57.3 Å². The Labute approximate surface area is 224 Å². The van der Waals surface area contributed by atoms with E-state index in [1.165, 1.54) is 19.1 Å². The summed E-state index contributed by atoms with van der Waals surface area (Å²) in [6, 6.07) is 9.57. The van der Waals surface area contributed by atoms with E-state index < -0.39 is 43.4 Å². The van der Waals surface area contributed by atoms with Crippen molar-refractivity contribution in [2.24, 2.45) is 21.5 Å². The Bertz CT molecular complexity index is 1480. The van der Waals surface area contributed by atoms with E-state index in [1.54, 1.807) is 36.9 Å². The maximum absolute atomic E-state index is 13.1. The molecule has 13 nitrogen and oxygen atoms in total. The molecule has 0 saturated carbocycles. The van der Waals surface area contributed by atoms with Crippen molar-refractivity contribution >= 4 is 61.1 Å². The molecule has 0 bridgehead atoms. The van der Waals surface area contributed by atoms with E-state index in [-0.39, 0.29) is 34.1 Å². The monoisotopic (exact) mass is 592 g/mol. The van der Waals surface area contributed by atoms with Crippen LogP contribution >= 0.6 is 11.6 Å². The van der Waals surface area contributed by atoms with E-state index in [0.717, 1.165) is 12.1 Å². The number of anilines is 2. The van der Waals surface area contributed by atoms with Gasteiger partial charge in [-0.2, -0.15) is 21.8 Å². The Morgan fingerprint density at radius 3 is 2.34 bits per heavy atom.